The van der Waals surface area contributed by atoms with Crippen molar-refractivity contribution in [2.45, 2.75) is 128 Å². The molecule has 0 aromatic rings. The van der Waals surface area contributed by atoms with E-state index in [9.17, 15) is 9.59 Å². The number of halogens is 2. The van der Waals surface area contributed by atoms with Gasteiger partial charge in [0.25, 0.3) is 0 Å². The number of likely N-dealkylation sites (tertiary alicyclic amines) is 2. The van der Waals surface area contributed by atoms with Crippen LogP contribution in [0.2, 0.25) is 0 Å². The highest BCUT2D eigenvalue weighted by Crippen LogP contribution is 2.36. The molecule has 0 spiro atoms. The van der Waals surface area contributed by atoms with E-state index in [0.29, 0.717) is 65.0 Å². The molecule has 266 valence electrons. The summed E-state index contributed by atoms with van der Waals surface area (Å²) in [5, 5.41) is 10.0. The standard InChI is InChI=1S/C34H63F2N7O3/c1-7-14-34(5,8-2)28-11-10-24(35)19-41(9-3)22(4)29(31(37)40-28)32(44)39-27-18-38-17-26(36)30(27)42-15-12-23(13-16-42)33(45)43-20-25(21-43)46-6/h22-31,38,40H,7-21,37H2,1-6H3,(H,39,44). The van der Waals surface area contributed by atoms with Gasteiger partial charge in [0.15, 0.2) is 0 Å². The third-order valence-electron chi connectivity index (χ3n) is 11.9. The molecule has 9 atom stereocenters. The molecule has 0 radical (unpaired) electrons. The number of hydrogen-bond donors (Lipinski definition) is 4. The van der Waals surface area contributed by atoms with E-state index in [2.05, 4.69) is 41.6 Å². The van der Waals surface area contributed by atoms with Gasteiger partial charge in [-0.05, 0) is 70.5 Å². The highest BCUT2D eigenvalue weighted by Gasteiger charge is 2.45. The lowest BCUT2D eigenvalue weighted by Gasteiger charge is -2.47. The number of rotatable bonds is 10. The first-order valence-corrected chi connectivity index (χ1v) is 18.1. The lowest BCUT2D eigenvalue weighted by molar-refractivity contribution is -0.149. The number of carbonyl (C=O) groups excluding carboxylic acids is 2. The number of ether oxygens (including phenoxy) is 1. The number of amides is 2. The van der Waals surface area contributed by atoms with Crippen LogP contribution in [-0.2, 0) is 14.3 Å². The van der Waals surface area contributed by atoms with E-state index in [1.54, 1.807) is 7.11 Å². The average molecular weight is 656 g/mol. The van der Waals surface area contributed by atoms with E-state index in [4.69, 9.17) is 10.5 Å². The van der Waals surface area contributed by atoms with E-state index in [-0.39, 0.29) is 54.4 Å². The van der Waals surface area contributed by atoms with Crippen LogP contribution >= 0.6 is 0 Å². The van der Waals surface area contributed by atoms with Crippen molar-refractivity contribution in [2.75, 3.05) is 59.5 Å². The third-order valence-corrected chi connectivity index (χ3v) is 11.9. The molecular formula is C34H63F2N7O3. The molecule has 4 aliphatic heterocycles. The number of methoxy groups -OCH3 is 1. The van der Waals surface area contributed by atoms with Gasteiger partial charge in [-0.15, -0.1) is 0 Å². The van der Waals surface area contributed by atoms with Crippen molar-refractivity contribution in [2.24, 2.45) is 23.0 Å². The minimum absolute atomic E-state index is 0.0265. The Morgan fingerprint density at radius 2 is 1.74 bits per heavy atom. The summed E-state index contributed by atoms with van der Waals surface area (Å²) in [6, 6.07) is -1.31. The fraction of sp³-hybridized carbons (Fsp3) is 0.941. The zero-order valence-electron chi connectivity index (χ0n) is 29.3. The number of nitrogens with two attached hydrogens (primary N) is 1. The van der Waals surface area contributed by atoms with Crippen molar-refractivity contribution >= 4 is 11.8 Å². The molecule has 5 N–H and O–H groups in total. The van der Waals surface area contributed by atoms with E-state index in [1.165, 1.54) is 0 Å². The van der Waals surface area contributed by atoms with Crippen LogP contribution in [0, 0.1) is 17.3 Å². The fourth-order valence-corrected chi connectivity index (χ4v) is 8.56. The van der Waals surface area contributed by atoms with Gasteiger partial charge in [-0.3, -0.25) is 24.7 Å². The van der Waals surface area contributed by atoms with Gasteiger partial charge in [0, 0.05) is 57.8 Å². The van der Waals surface area contributed by atoms with Gasteiger partial charge < -0.3 is 26.0 Å². The average Bonchev–Trinajstić information content (AvgIpc) is 3.01. The first-order valence-electron chi connectivity index (χ1n) is 18.1. The second-order valence-corrected chi connectivity index (χ2v) is 14.7. The van der Waals surface area contributed by atoms with Crippen LogP contribution < -0.4 is 21.7 Å². The molecule has 4 rings (SSSR count). The second kappa shape index (κ2) is 16.8. The van der Waals surface area contributed by atoms with Gasteiger partial charge >= 0.3 is 0 Å². The van der Waals surface area contributed by atoms with E-state index >= 15 is 8.78 Å². The van der Waals surface area contributed by atoms with Gasteiger partial charge in [0.2, 0.25) is 11.8 Å². The molecule has 0 aliphatic carbocycles. The first kappa shape index (κ1) is 37.4. The highest BCUT2D eigenvalue weighted by molar-refractivity contribution is 5.81. The summed E-state index contributed by atoms with van der Waals surface area (Å²) in [6.07, 6.45) is 2.68. The molecular weight excluding hydrogens is 592 g/mol. The molecule has 2 amide bonds. The quantitative estimate of drug-likeness (QED) is 0.284. The Labute approximate surface area is 276 Å². The van der Waals surface area contributed by atoms with Crippen molar-refractivity contribution in [3.8, 4) is 0 Å². The molecule has 4 saturated heterocycles. The topological polar surface area (TPSA) is 115 Å². The molecule has 4 aliphatic rings. The van der Waals surface area contributed by atoms with Crippen LogP contribution in [0.5, 0.6) is 0 Å². The van der Waals surface area contributed by atoms with Crippen molar-refractivity contribution < 1.29 is 23.1 Å². The maximum atomic E-state index is 15.7. The smallest absolute Gasteiger partial charge is 0.227 e. The number of nitrogens with one attached hydrogen (secondary N) is 3. The number of hydrogen-bond acceptors (Lipinski definition) is 8. The molecule has 46 heavy (non-hydrogen) atoms. The minimum atomic E-state index is -1.17. The van der Waals surface area contributed by atoms with Crippen molar-refractivity contribution in [3.63, 3.8) is 0 Å². The minimum Gasteiger partial charge on any atom is -0.378 e. The lowest BCUT2D eigenvalue weighted by Crippen LogP contribution is -2.68. The molecule has 0 bridgehead atoms. The Morgan fingerprint density at radius 3 is 2.35 bits per heavy atom. The summed E-state index contributed by atoms with van der Waals surface area (Å²) < 4.78 is 36.4. The van der Waals surface area contributed by atoms with Crippen LogP contribution in [0.1, 0.15) is 79.6 Å². The Morgan fingerprint density at radius 1 is 1.04 bits per heavy atom. The molecule has 9 unspecified atom stereocenters. The van der Waals surface area contributed by atoms with Crippen LogP contribution in [0.3, 0.4) is 0 Å². The van der Waals surface area contributed by atoms with Crippen LogP contribution in [0.25, 0.3) is 0 Å². The largest absolute Gasteiger partial charge is 0.378 e. The zero-order chi connectivity index (χ0) is 33.6. The number of piperidine rings is 2. The highest BCUT2D eigenvalue weighted by atomic mass is 19.1. The van der Waals surface area contributed by atoms with Gasteiger partial charge in [-0.1, -0.05) is 34.1 Å². The zero-order valence-corrected chi connectivity index (χ0v) is 29.3. The SMILES string of the molecule is CCCC(C)(CC)C1CCC(F)CN(CC)C(C)C(C(=O)NC2CNCC(F)C2N2CCC(C(=O)N3CC(OC)C3)CC2)C(N)N1. The lowest BCUT2D eigenvalue weighted by atomic mass is 9.73. The summed E-state index contributed by atoms with van der Waals surface area (Å²) in [5.74, 6) is -0.787. The molecule has 0 aromatic carbocycles. The Balaban J connectivity index is 1.48. The molecule has 0 saturated carbocycles. The van der Waals surface area contributed by atoms with Gasteiger partial charge in [0.05, 0.1) is 30.3 Å². The maximum Gasteiger partial charge on any atom is 0.227 e. The number of carbonyl (C=O) groups is 2. The fourth-order valence-electron chi connectivity index (χ4n) is 8.56. The van der Waals surface area contributed by atoms with E-state index < -0.39 is 36.5 Å². The van der Waals surface area contributed by atoms with Crippen LogP contribution in [-0.4, -0.2) is 135 Å². The Hall–Kier alpha value is -1.44. The van der Waals surface area contributed by atoms with Crippen molar-refractivity contribution in [1.29, 1.82) is 0 Å². The molecule has 0 aromatic heterocycles. The van der Waals surface area contributed by atoms with Crippen LogP contribution in [0.4, 0.5) is 8.78 Å². The second-order valence-electron chi connectivity index (χ2n) is 14.7. The Bertz CT molecular complexity index is 982. The predicted octanol–water partition coefficient (Wildman–Crippen LogP) is 2.27. The van der Waals surface area contributed by atoms with Crippen molar-refractivity contribution in [1.82, 2.24) is 30.7 Å². The summed E-state index contributed by atoms with van der Waals surface area (Å²) in [7, 11) is 1.67. The summed E-state index contributed by atoms with van der Waals surface area (Å²) >= 11 is 0. The molecule has 4 fully saturated rings. The monoisotopic (exact) mass is 655 g/mol. The maximum absolute atomic E-state index is 15.7. The Kier molecular flexibility index (Phi) is 13.6. The van der Waals surface area contributed by atoms with E-state index in [0.717, 1.165) is 19.3 Å². The molecule has 10 nitrogen and oxygen atoms in total. The first-order chi connectivity index (χ1) is 22.0. The summed E-state index contributed by atoms with van der Waals surface area (Å²) in [5.41, 5.74) is 6.85. The van der Waals surface area contributed by atoms with Gasteiger partial charge in [-0.25, -0.2) is 8.78 Å². The predicted molar refractivity (Wildman–Crippen MR) is 178 cm³/mol. The number of nitrogens with zero attached hydrogens (tertiary/aromatic N) is 3. The van der Waals surface area contributed by atoms with Gasteiger partial charge in [-0.2, -0.15) is 0 Å². The molecule has 4 heterocycles. The van der Waals surface area contributed by atoms with E-state index in [1.807, 2.05) is 23.6 Å². The summed E-state index contributed by atoms with van der Waals surface area (Å²) in [6.45, 7) is 14.5. The summed E-state index contributed by atoms with van der Waals surface area (Å²) in [4.78, 5) is 33.3. The van der Waals surface area contributed by atoms with Gasteiger partial charge in [0.1, 0.15) is 12.3 Å². The molecule has 12 heteroatoms. The number of alkyl halides is 2. The van der Waals surface area contributed by atoms with Crippen LogP contribution in [0.15, 0.2) is 0 Å². The third kappa shape index (κ3) is 8.58. The van der Waals surface area contributed by atoms with Crippen molar-refractivity contribution in [3.05, 3.63) is 0 Å². The normalized spacial score (nSPS) is 36.1.